The Morgan fingerprint density at radius 2 is 1.95 bits per heavy atom. The van der Waals surface area contributed by atoms with Crippen LogP contribution >= 0.6 is 0 Å². The fourth-order valence-electron chi connectivity index (χ4n) is 6.68. The molecular weight excluding hydrogens is 540 g/mol. The summed E-state index contributed by atoms with van der Waals surface area (Å²) in [6.45, 7) is 3.57. The van der Waals surface area contributed by atoms with Crippen LogP contribution in [0.25, 0.3) is 22.0 Å². The van der Waals surface area contributed by atoms with Crippen molar-refractivity contribution < 1.29 is 19.4 Å². The fourth-order valence-corrected chi connectivity index (χ4v) is 6.68. The number of nitrogens with zero attached hydrogens (tertiary/aromatic N) is 4. The van der Waals surface area contributed by atoms with Gasteiger partial charge in [-0.1, -0.05) is 60.7 Å². The number of carbonyl (C=O) groups is 1. The normalized spacial score (nSPS) is 18.9. The molecule has 3 aromatic heterocycles. The third kappa shape index (κ3) is 4.81. The highest BCUT2D eigenvalue weighted by molar-refractivity contribution is 6.04. The molecule has 0 saturated heterocycles. The zero-order valence-electron chi connectivity index (χ0n) is 24.4. The summed E-state index contributed by atoms with van der Waals surface area (Å²) in [6, 6.07) is 10.00. The van der Waals surface area contributed by atoms with Gasteiger partial charge in [0.15, 0.2) is 0 Å². The number of pyridine rings is 1. The molecule has 218 valence electrons. The molecule has 2 aliphatic carbocycles. The minimum atomic E-state index is -0.952. The predicted octanol–water partition coefficient (Wildman–Crippen LogP) is 6.28. The fraction of sp³-hybridized carbons (Fsp3) is 0.286. The molecule has 1 aromatic carbocycles. The predicted molar refractivity (Wildman–Crippen MR) is 164 cm³/mol. The Hall–Kier alpha value is -4.69. The first-order chi connectivity index (χ1) is 21.0. The van der Waals surface area contributed by atoms with Gasteiger partial charge in [-0.05, 0) is 37.5 Å². The lowest BCUT2D eigenvalue weighted by molar-refractivity contribution is 0.0684. The van der Waals surface area contributed by atoms with Gasteiger partial charge in [-0.2, -0.15) is 5.10 Å². The number of aryl methyl sites for hydroxylation is 2. The minimum Gasteiger partial charge on any atom is -0.497 e. The van der Waals surface area contributed by atoms with Crippen LogP contribution in [-0.2, 0) is 42.7 Å². The van der Waals surface area contributed by atoms with Crippen LogP contribution in [0.1, 0.15) is 45.1 Å². The van der Waals surface area contributed by atoms with Gasteiger partial charge in [0, 0.05) is 52.9 Å². The molecule has 0 amide bonds. The molecule has 4 aromatic rings. The summed E-state index contributed by atoms with van der Waals surface area (Å²) in [6.07, 6.45) is 17.8. The highest BCUT2D eigenvalue weighted by Gasteiger charge is 2.28. The number of hydrogen-bond donors (Lipinski definition) is 1. The molecule has 0 bridgehead atoms. The van der Waals surface area contributed by atoms with Gasteiger partial charge >= 0.3 is 5.97 Å². The van der Waals surface area contributed by atoms with Gasteiger partial charge in [0.1, 0.15) is 11.5 Å². The second-order valence-electron chi connectivity index (χ2n) is 11.3. The zero-order chi connectivity index (χ0) is 29.5. The van der Waals surface area contributed by atoms with E-state index in [1.807, 2.05) is 53.6 Å². The SMILES string of the molecule is Cc1c2c(nn1C)COCc1cccnc1Cn1c(C(=O)O)c(CCCOC3=CC=CC4C=CC=CC34)c3cccc-2c31. The molecule has 0 fully saturated rings. The second kappa shape index (κ2) is 11.2. The average molecular weight is 575 g/mol. The molecule has 2 unspecified atom stereocenters. The molecule has 0 saturated carbocycles. The summed E-state index contributed by atoms with van der Waals surface area (Å²) in [5.41, 5.74) is 7.50. The Balaban J connectivity index is 1.31. The van der Waals surface area contributed by atoms with Crippen molar-refractivity contribution in [1.29, 1.82) is 0 Å². The van der Waals surface area contributed by atoms with Crippen molar-refractivity contribution >= 4 is 16.9 Å². The number of allylic oxidation sites excluding steroid dienone is 7. The van der Waals surface area contributed by atoms with E-state index in [2.05, 4.69) is 47.5 Å². The number of rotatable bonds is 6. The smallest absolute Gasteiger partial charge is 0.352 e. The zero-order valence-corrected chi connectivity index (χ0v) is 24.4. The van der Waals surface area contributed by atoms with E-state index in [0.29, 0.717) is 50.8 Å². The Labute approximate surface area is 250 Å². The van der Waals surface area contributed by atoms with E-state index in [1.165, 1.54) is 0 Å². The third-order valence-electron chi connectivity index (χ3n) is 8.79. The summed E-state index contributed by atoms with van der Waals surface area (Å²) >= 11 is 0. The third-order valence-corrected chi connectivity index (χ3v) is 8.79. The van der Waals surface area contributed by atoms with Crippen molar-refractivity contribution in [1.82, 2.24) is 19.3 Å². The van der Waals surface area contributed by atoms with Crippen molar-refractivity contribution in [2.45, 2.75) is 39.5 Å². The number of hydrogen-bond acceptors (Lipinski definition) is 5. The van der Waals surface area contributed by atoms with Gasteiger partial charge in [0.25, 0.3) is 0 Å². The molecule has 8 nitrogen and oxygen atoms in total. The molecule has 1 N–H and O–H groups in total. The van der Waals surface area contributed by atoms with Crippen molar-refractivity contribution in [2.75, 3.05) is 6.61 Å². The maximum atomic E-state index is 13.0. The second-order valence-corrected chi connectivity index (χ2v) is 11.3. The largest absolute Gasteiger partial charge is 0.497 e. The van der Waals surface area contributed by atoms with Crippen LogP contribution in [0.15, 0.2) is 84.8 Å². The first-order valence-corrected chi connectivity index (χ1v) is 14.8. The number of carboxylic acid groups (broad SMARTS) is 1. The van der Waals surface area contributed by atoms with E-state index in [4.69, 9.17) is 14.6 Å². The average Bonchev–Trinajstić information content (AvgIpc) is 3.47. The van der Waals surface area contributed by atoms with Crippen LogP contribution in [0.4, 0.5) is 0 Å². The Morgan fingerprint density at radius 3 is 2.84 bits per heavy atom. The minimum absolute atomic E-state index is 0.209. The first kappa shape index (κ1) is 27.2. The van der Waals surface area contributed by atoms with E-state index in [9.17, 15) is 9.90 Å². The summed E-state index contributed by atoms with van der Waals surface area (Å²) in [5.74, 6) is 0.526. The first-order valence-electron chi connectivity index (χ1n) is 14.8. The van der Waals surface area contributed by atoms with Crippen LogP contribution in [0.5, 0.6) is 0 Å². The van der Waals surface area contributed by atoms with Crippen LogP contribution in [-0.4, -0.2) is 37.0 Å². The summed E-state index contributed by atoms with van der Waals surface area (Å²) in [4.78, 5) is 17.7. The molecule has 0 spiro atoms. The number of aromatic carboxylic acids is 1. The lowest BCUT2D eigenvalue weighted by Crippen LogP contribution is -2.18. The number of aromatic nitrogens is 4. The van der Waals surface area contributed by atoms with E-state index in [0.717, 1.165) is 56.0 Å². The van der Waals surface area contributed by atoms with Crippen molar-refractivity contribution in [3.63, 3.8) is 0 Å². The molecule has 1 aliphatic heterocycles. The number of ether oxygens (including phenoxy) is 2. The molecule has 2 atom stereocenters. The van der Waals surface area contributed by atoms with E-state index in [-0.39, 0.29) is 5.92 Å². The van der Waals surface area contributed by atoms with E-state index < -0.39 is 5.97 Å². The van der Waals surface area contributed by atoms with Gasteiger partial charge in [0.2, 0.25) is 0 Å². The molecule has 7 rings (SSSR count). The van der Waals surface area contributed by atoms with Crippen molar-refractivity contribution in [3.05, 3.63) is 119 Å². The van der Waals surface area contributed by atoms with E-state index >= 15 is 0 Å². The summed E-state index contributed by atoms with van der Waals surface area (Å²) in [5, 5.41) is 16.4. The number of carboxylic acids is 1. The van der Waals surface area contributed by atoms with Crippen molar-refractivity contribution in [2.24, 2.45) is 18.9 Å². The van der Waals surface area contributed by atoms with Crippen LogP contribution in [0.2, 0.25) is 0 Å². The maximum absolute atomic E-state index is 13.0. The van der Waals surface area contributed by atoms with Crippen LogP contribution < -0.4 is 0 Å². The van der Waals surface area contributed by atoms with E-state index in [1.54, 1.807) is 6.20 Å². The lowest BCUT2D eigenvalue weighted by atomic mass is 9.84. The Morgan fingerprint density at radius 1 is 1.09 bits per heavy atom. The highest BCUT2D eigenvalue weighted by atomic mass is 16.5. The van der Waals surface area contributed by atoms with Gasteiger partial charge < -0.3 is 19.1 Å². The number of benzene rings is 1. The van der Waals surface area contributed by atoms with Gasteiger partial charge in [0.05, 0.1) is 43.3 Å². The highest BCUT2D eigenvalue weighted by Crippen LogP contribution is 2.39. The topological polar surface area (TPSA) is 91.4 Å². The Kier molecular flexibility index (Phi) is 7.07. The lowest BCUT2D eigenvalue weighted by Gasteiger charge is -2.26. The molecule has 4 heterocycles. The molecule has 43 heavy (non-hydrogen) atoms. The van der Waals surface area contributed by atoms with Gasteiger partial charge in [-0.15, -0.1) is 0 Å². The quantitative estimate of drug-likeness (QED) is 0.273. The Bertz CT molecular complexity index is 1850. The summed E-state index contributed by atoms with van der Waals surface area (Å²) in [7, 11) is 1.93. The maximum Gasteiger partial charge on any atom is 0.352 e. The number of para-hydroxylation sites is 1. The molecule has 3 aliphatic rings. The van der Waals surface area contributed by atoms with Gasteiger partial charge in [-0.25, -0.2) is 4.79 Å². The van der Waals surface area contributed by atoms with Crippen LogP contribution in [0, 0.1) is 18.8 Å². The van der Waals surface area contributed by atoms with Crippen LogP contribution in [0.3, 0.4) is 0 Å². The van der Waals surface area contributed by atoms with Gasteiger partial charge in [-0.3, -0.25) is 9.67 Å². The summed E-state index contributed by atoms with van der Waals surface area (Å²) < 4.78 is 16.2. The monoisotopic (exact) mass is 574 g/mol. The number of fused-ring (bicyclic) bond motifs is 4. The molecule has 0 radical (unpaired) electrons. The molecular formula is C35H34N4O4. The van der Waals surface area contributed by atoms with Crippen molar-refractivity contribution in [3.8, 4) is 11.1 Å². The standard InChI is InChI=1S/C35H34N4O4/c1-22-32-28-14-6-13-26-27(15-8-18-43-31-16-5-10-23-9-3-4-12-25(23)31)34(35(40)41)39(33(26)28)19-29-24(11-7-17-36-29)20-42-21-30(32)37-38(22)2/h3-7,9-14,16-17,23,25H,8,15,18-21H2,1-2H3,(H,40,41). The molecule has 8 heteroatoms.